The summed E-state index contributed by atoms with van der Waals surface area (Å²) in [5.41, 5.74) is 3.32. The Morgan fingerprint density at radius 3 is 2.34 bits per heavy atom. The third kappa shape index (κ3) is 5.87. The highest BCUT2D eigenvalue weighted by Gasteiger charge is 2.23. The molecular weight excluding hydrogens is 384 g/mol. The quantitative estimate of drug-likeness (QED) is 0.684. The Morgan fingerprint density at radius 1 is 1.10 bits per heavy atom. The maximum absolute atomic E-state index is 12.7. The molecule has 1 aliphatic heterocycles. The zero-order chi connectivity index (χ0) is 20.6. The van der Waals surface area contributed by atoms with E-state index in [1.807, 2.05) is 36.2 Å². The van der Waals surface area contributed by atoms with Crippen LogP contribution in [0.1, 0.15) is 31.2 Å². The Bertz CT molecular complexity index is 770. The summed E-state index contributed by atoms with van der Waals surface area (Å²) < 4.78 is 0. The van der Waals surface area contributed by atoms with Crippen molar-refractivity contribution >= 4 is 29.0 Å². The summed E-state index contributed by atoms with van der Waals surface area (Å²) in [5, 5.41) is 6.99. The van der Waals surface area contributed by atoms with Gasteiger partial charge in [0.05, 0.1) is 0 Å². The van der Waals surface area contributed by atoms with Crippen molar-refractivity contribution in [3.8, 4) is 0 Å². The summed E-state index contributed by atoms with van der Waals surface area (Å²) in [6.45, 7) is 6.55. The van der Waals surface area contributed by atoms with E-state index in [-0.39, 0.29) is 6.03 Å². The van der Waals surface area contributed by atoms with E-state index in [0.29, 0.717) is 5.92 Å². The molecule has 0 aliphatic carbocycles. The van der Waals surface area contributed by atoms with Crippen molar-refractivity contribution in [2.75, 3.05) is 50.0 Å². The van der Waals surface area contributed by atoms with E-state index in [0.717, 1.165) is 56.3 Å². The molecule has 1 saturated heterocycles. The molecule has 0 bridgehead atoms. The van der Waals surface area contributed by atoms with E-state index in [1.54, 1.807) is 0 Å². The largest absolute Gasteiger partial charge is 0.371 e. The number of urea groups is 1. The molecule has 1 fully saturated rings. The van der Waals surface area contributed by atoms with Gasteiger partial charge < -0.3 is 20.4 Å². The van der Waals surface area contributed by atoms with Crippen LogP contribution in [-0.4, -0.2) is 50.7 Å². The number of amides is 2. The molecule has 0 unspecified atom stereocenters. The van der Waals surface area contributed by atoms with Gasteiger partial charge in [-0.1, -0.05) is 23.7 Å². The van der Waals surface area contributed by atoms with Crippen LogP contribution < -0.4 is 15.5 Å². The van der Waals surface area contributed by atoms with Crippen LogP contribution in [0.25, 0.3) is 0 Å². The van der Waals surface area contributed by atoms with Gasteiger partial charge in [-0.25, -0.2) is 4.79 Å². The molecule has 1 heterocycles. The number of hydrogen-bond acceptors (Lipinski definition) is 3. The first-order valence-electron chi connectivity index (χ1n) is 10.4. The fourth-order valence-electron chi connectivity index (χ4n) is 3.83. The van der Waals surface area contributed by atoms with Gasteiger partial charge in [0.1, 0.15) is 0 Å². The van der Waals surface area contributed by atoms with E-state index >= 15 is 0 Å². The van der Waals surface area contributed by atoms with Crippen LogP contribution in [-0.2, 0) is 0 Å². The SMILES string of the molecule is CCN(CCNC)c1ccc(NC(=O)N2CCC(c3ccc(Cl)cc3)CC2)cc1. The molecule has 2 aromatic rings. The number of hydrogen-bond donors (Lipinski definition) is 2. The number of benzene rings is 2. The number of nitrogens with zero attached hydrogens (tertiary/aromatic N) is 2. The number of likely N-dealkylation sites (tertiary alicyclic amines) is 1. The monoisotopic (exact) mass is 414 g/mol. The Balaban J connectivity index is 1.51. The van der Waals surface area contributed by atoms with Gasteiger partial charge in [-0.3, -0.25) is 0 Å². The van der Waals surface area contributed by atoms with E-state index in [9.17, 15) is 4.79 Å². The molecule has 0 atom stereocenters. The van der Waals surface area contributed by atoms with Crippen LogP contribution >= 0.6 is 11.6 Å². The molecule has 2 amide bonds. The van der Waals surface area contributed by atoms with Crippen LogP contribution in [0.3, 0.4) is 0 Å². The second-order valence-corrected chi connectivity index (χ2v) is 7.91. The van der Waals surface area contributed by atoms with E-state index in [1.165, 1.54) is 11.3 Å². The second-order valence-electron chi connectivity index (χ2n) is 7.47. The number of anilines is 2. The number of nitrogens with one attached hydrogen (secondary N) is 2. The highest BCUT2D eigenvalue weighted by molar-refractivity contribution is 6.30. The lowest BCUT2D eigenvalue weighted by Crippen LogP contribution is -2.40. The summed E-state index contributed by atoms with van der Waals surface area (Å²) in [6.07, 6.45) is 1.95. The van der Waals surface area contributed by atoms with Gasteiger partial charge in [-0.05, 0) is 74.7 Å². The summed E-state index contributed by atoms with van der Waals surface area (Å²) in [6, 6.07) is 16.2. The van der Waals surface area contributed by atoms with Crippen LogP contribution in [0.4, 0.5) is 16.2 Å². The minimum atomic E-state index is -0.0187. The number of halogens is 1. The molecule has 0 radical (unpaired) electrons. The minimum absolute atomic E-state index is 0.0187. The maximum Gasteiger partial charge on any atom is 0.321 e. The Labute approximate surface area is 179 Å². The number of rotatable bonds is 7. The fourth-order valence-corrected chi connectivity index (χ4v) is 3.95. The zero-order valence-corrected chi connectivity index (χ0v) is 18.1. The third-order valence-corrected chi connectivity index (χ3v) is 5.87. The predicted molar refractivity (Wildman–Crippen MR) is 122 cm³/mol. The summed E-state index contributed by atoms with van der Waals surface area (Å²) >= 11 is 5.98. The van der Waals surface area contributed by atoms with Gasteiger partial charge >= 0.3 is 6.03 Å². The summed E-state index contributed by atoms with van der Waals surface area (Å²) in [7, 11) is 1.96. The van der Waals surface area contributed by atoms with E-state index in [4.69, 9.17) is 11.6 Å². The average Bonchev–Trinajstić information content (AvgIpc) is 2.76. The first-order valence-corrected chi connectivity index (χ1v) is 10.8. The molecule has 5 nitrogen and oxygen atoms in total. The topological polar surface area (TPSA) is 47.6 Å². The van der Waals surface area contributed by atoms with Gasteiger partial charge in [0, 0.05) is 49.1 Å². The fraction of sp³-hybridized carbons (Fsp3) is 0.435. The second kappa shape index (κ2) is 10.5. The highest BCUT2D eigenvalue weighted by Crippen LogP contribution is 2.29. The van der Waals surface area contributed by atoms with Crippen LogP contribution in [0.2, 0.25) is 5.02 Å². The van der Waals surface area contributed by atoms with Gasteiger partial charge in [-0.15, -0.1) is 0 Å². The maximum atomic E-state index is 12.7. The third-order valence-electron chi connectivity index (χ3n) is 5.62. The predicted octanol–water partition coefficient (Wildman–Crippen LogP) is 4.80. The zero-order valence-electron chi connectivity index (χ0n) is 17.3. The molecule has 0 spiro atoms. The van der Waals surface area contributed by atoms with Gasteiger partial charge in [0.25, 0.3) is 0 Å². The Kier molecular flexibility index (Phi) is 7.78. The van der Waals surface area contributed by atoms with Crippen LogP contribution in [0.5, 0.6) is 0 Å². The smallest absolute Gasteiger partial charge is 0.321 e. The molecule has 29 heavy (non-hydrogen) atoms. The van der Waals surface area contributed by atoms with Crippen molar-refractivity contribution in [3.63, 3.8) is 0 Å². The molecular formula is C23H31ClN4O. The van der Waals surface area contributed by atoms with Crippen molar-refractivity contribution in [2.24, 2.45) is 0 Å². The summed E-state index contributed by atoms with van der Waals surface area (Å²) in [5.74, 6) is 0.494. The Hall–Kier alpha value is -2.24. The van der Waals surface area contributed by atoms with Crippen molar-refractivity contribution in [2.45, 2.75) is 25.7 Å². The molecule has 0 aromatic heterocycles. The van der Waals surface area contributed by atoms with Crippen molar-refractivity contribution in [1.82, 2.24) is 10.2 Å². The van der Waals surface area contributed by atoms with Gasteiger partial charge in [0.15, 0.2) is 0 Å². The lowest BCUT2D eigenvalue weighted by molar-refractivity contribution is 0.194. The van der Waals surface area contributed by atoms with E-state index in [2.05, 4.69) is 46.7 Å². The van der Waals surface area contributed by atoms with Gasteiger partial charge in [0.2, 0.25) is 0 Å². The highest BCUT2D eigenvalue weighted by atomic mass is 35.5. The first-order chi connectivity index (χ1) is 14.1. The number of likely N-dealkylation sites (N-methyl/N-ethyl adjacent to an activating group) is 2. The van der Waals surface area contributed by atoms with Gasteiger partial charge in [-0.2, -0.15) is 0 Å². The molecule has 2 N–H and O–H groups in total. The number of carbonyl (C=O) groups excluding carboxylic acids is 1. The Morgan fingerprint density at radius 2 is 1.76 bits per heavy atom. The normalized spacial score (nSPS) is 14.7. The van der Waals surface area contributed by atoms with Crippen LogP contribution in [0, 0.1) is 0 Å². The van der Waals surface area contributed by atoms with Crippen molar-refractivity contribution in [1.29, 1.82) is 0 Å². The lowest BCUT2D eigenvalue weighted by Gasteiger charge is -2.32. The molecule has 3 rings (SSSR count). The van der Waals surface area contributed by atoms with Crippen molar-refractivity contribution in [3.05, 3.63) is 59.1 Å². The molecule has 0 saturated carbocycles. The number of piperidine rings is 1. The standard InChI is InChI=1S/C23H31ClN4O/c1-3-27(17-14-25-2)22-10-8-21(9-11-22)26-23(29)28-15-12-19(13-16-28)18-4-6-20(24)7-5-18/h4-11,19,25H,3,12-17H2,1-2H3,(H,26,29). The molecule has 6 heteroatoms. The van der Waals surface area contributed by atoms with Crippen LogP contribution in [0.15, 0.2) is 48.5 Å². The van der Waals surface area contributed by atoms with E-state index < -0.39 is 0 Å². The molecule has 2 aromatic carbocycles. The lowest BCUT2D eigenvalue weighted by atomic mass is 9.89. The number of carbonyl (C=O) groups is 1. The summed E-state index contributed by atoms with van der Waals surface area (Å²) in [4.78, 5) is 16.9. The van der Waals surface area contributed by atoms with Crippen molar-refractivity contribution < 1.29 is 4.79 Å². The first kappa shape index (κ1) is 21.5. The molecule has 1 aliphatic rings. The minimum Gasteiger partial charge on any atom is -0.371 e. The average molecular weight is 415 g/mol. The molecule has 156 valence electrons.